The predicted molar refractivity (Wildman–Crippen MR) is 104 cm³/mol. The van der Waals surface area contributed by atoms with Crippen LogP contribution in [0.1, 0.15) is 52.0 Å². The van der Waals surface area contributed by atoms with Crippen molar-refractivity contribution in [3.05, 3.63) is 29.8 Å². The Morgan fingerprint density at radius 1 is 1.12 bits per heavy atom. The van der Waals surface area contributed by atoms with Gasteiger partial charge in [0.1, 0.15) is 0 Å². The number of amides is 2. The summed E-state index contributed by atoms with van der Waals surface area (Å²) < 4.78 is 0. The highest BCUT2D eigenvalue weighted by atomic mass is 16.2. The summed E-state index contributed by atoms with van der Waals surface area (Å²) in [6.45, 7) is 11.9. The van der Waals surface area contributed by atoms with Gasteiger partial charge in [0, 0.05) is 25.3 Å². The Labute approximate surface area is 152 Å². The number of nitrogens with one attached hydrogen (secondary N) is 1. The SMILES string of the molecule is CC(C)(C)c1ccccc1NC(=O)N1CC[C@H](CN2CCCCC2)C1. The molecule has 0 bridgehead atoms. The fraction of sp³-hybridized carbons (Fsp3) is 0.667. The summed E-state index contributed by atoms with van der Waals surface area (Å²) >= 11 is 0. The molecular formula is C21H33N3O. The van der Waals surface area contributed by atoms with E-state index in [0.717, 1.165) is 31.7 Å². The number of carbonyl (C=O) groups is 1. The van der Waals surface area contributed by atoms with Crippen LogP contribution >= 0.6 is 0 Å². The van der Waals surface area contributed by atoms with Crippen LogP contribution in [0.5, 0.6) is 0 Å². The molecule has 138 valence electrons. The number of hydrogen-bond acceptors (Lipinski definition) is 2. The van der Waals surface area contributed by atoms with E-state index in [2.05, 4.69) is 37.1 Å². The standard InChI is InChI=1S/C21H33N3O/c1-21(2,3)18-9-5-6-10-19(18)22-20(25)24-14-11-17(16-24)15-23-12-7-4-8-13-23/h5-6,9-10,17H,4,7-8,11-16H2,1-3H3,(H,22,25)/t17-/m1/s1. The molecule has 0 radical (unpaired) electrons. The van der Waals surface area contributed by atoms with Crippen molar-refractivity contribution in [2.45, 2.75) is 51.9 Å². The van der Waals surface area contributed by atoms with Crippen molar-refractivity contribution < 1.29 is 4.79 Å². The first-order valence-electron chi connectivity index (χ1n) is 9.81. The summed E-state index contributed by atoms with van der Waals surface area (Å²) in [5.74, 6) is 0.627. The highest BCUT2D eigenvalue weighted by Gasteiger charge is 2.29. The third-order valence-corrected chi connectivity index (χ3v) is 5.51. The summed E-state index contributed by atoms with van der Waals surface area (Å²) in [5, 5.41) is 3.16. The molecule has 0 aromatic heterocycles. The quantitative estimate of drug-likeness (QED) is 0.887. The summed E-state index contributed by atoms with van der Waals surface area (Å²) in [4.78, 5) is 17.3. The molecule has 2 amide bonds. The molecule has 1 aromatic rings. The third kappa shape index (κ3) is 4.75. The van der Waals surface area contributed by atoms with E-state index in [9.17, 15) is 4.79 Å². The molecule has 0 aliphatic carbocycles. The van der Waals surface area contributed by atoms with Crippen LogP contribution in [0, 0.1) is 5.92 Å². The van der Waals surface area contributed by atoms with E-state index < -0.39 is 0 Å². The Balaban J connectivity index is 1.56. The maximum atomic E-state index is 12.7. The molecule has 0 saturated carbocycles. The van der Waals surface area contributed by atoms with E-state index in [1.165, 1.54) is 37.9 Å². The third-order valence-electron chi connectivity index (χ3n) is 5.51. The minimum atomic E-state index is 0.0195. The van der Waals surface area contributed by atoms with E-state index in [-0.39, 0.29) is 11.4 Å². The van der Waals surface area contributed by atoms with Gasteiger partial charge < -0.3 is 15.1 Å². The molecule has 2 fully saturated rings. The van der Waals surface area contributed by atoms with Gasteiger partial charge in [0.05, 0.1) is 0 Å². The van der Waals surface area contributed by atoms with Crippen LogP contribution in [0.25, 0.3) is 0 Å². The van der Waals surface area contributed by atoms with Gasteiger partial charge in [-0.15, -0.1) is 0 Å². The minimum Gasteiger partial charge on any atom is -0.324 e. The Hall–Kier alpha value is -1.55. The summed E-state index contributed by atoms with van der Waals surface area (Å²) in [6, 6.07) is 8.21. The molecule has 0 spiro atoms. The maximum Gasteiger partial charge on any atom is 0.321 e. The molecule has 1 aromatic carbocycles. The first-order valence-corrected chi connectivity index (χ1v) is 9.81. The zero-order chi connectivity index (χ0) is 17.9. The van der Waals surface area contributed by atoms with Crippen LogP contribution in [-0.4, -0.2) is 48.6 Å². The molecule has 1 N–H and O–H groups in total. The van der Waals surface area contributed by atoms with E-state index in [4.69, 9.17) is 0 Å². The molecule has 3 rings (SSSR count). The van der Waals surface area contributed by atoms with E-state index in [0.29, 0.717) is 5.92 Å². The first kappa shape index (κ1) is 18.2. The predicted octanol–water partition coefficient (Wildman–Crippen LogP) is 4.32. The topological polar surface area (TPSA) is 35.6 Å². The molecule has 1 atom stereocenters. The van der Waals surface area contributed by atoms with Gasteiger partial charge in [-0.25, -0.2) is 4.79 Å². The lowest BCUT2D eigenvalue weighted by molar-refractivity contribution is 0.192. The van der Waals surface area contributed by atoms with Crippen molar-refractivity contribution in [2.75, 3.05) is 38.0 Å². The van der Waals surface area contributed by atoms with Crippen molar-refractivity contribution in [1.29, 1.82) is 0 Å². The highest BCUT2D eigenvalue weighted by Crippen LogP contribution is 2.30. The Kier molecular flexibility index (Phi) is 5.67. The zero-order valence-electron chi connectivity index (χ0n) is 16.1. The highest BCUT2D eigenvalue weighted by molar-refractivity contribution is 5.90. The monoisotopic (exact) mass is 343 g/mol. The number of hydrogen-bond donors (Lipinski definition) is 1. The zero-order valence-corrected chi connectivity index (χ0v) is 16.1. The molecule has 4 nitrogen and oxygen atoms in total. The van der Waals surface area contributed by atoms with Crippen LogP contribution in [0.3, 0.4) is 0 Å². The van der Waals surface area contributed by atoms with Gasteiger partial charge in [-0.05, 0) is 55.3 Å². The number of anilines is 1. The number of nitrogens with zero attached hydrogens (tertiary/aromatic N) is 2. The van der Waals surface area contributed by atoms with Gasteiger partial charge in [-0.2, -0.15) is 0 Å². The van der Waals surface area contributed by atoms with Crippen molar-refractivity contribution >= 4 is 11.7 Å². The minimum absolute atomic E-state index is 0.0195. The fourth-order valence-corrected chi connectivity index (χ4v) is 4.11. The lowest BCUT2D eigenvalue weighted by Crippen LogP contribution is -2.37. The summed E-state index contributed by atoms with van der Waals surface area (Å²) in [7, 11) is 0. The normalized spacial score (nSPS) is 22.2. The second kappa shape index (κ2) is 7.77. The number of rotatable bonds is 3. The lowest BCUT2D eigenvalue weighted by atomic mass is 9.86. The number of carbonyl (C=O) groups excluding carboxylic acids is 1. The molecular weight excluding hydrogens is 310 g/mol. The first-order chi connectivity index (χ1) is 11.9. The molecule has 4 heteroatoms. The average molecular weight is 344 g/mol. The number of para-hydroxylation sites is 1. The number of piperidine rings is 1. The van der Waals surface area contributed by atoms with Crippen LogP contribution in [0.2, 0.25) is 0 Å². The molecule has 2 heterocycles. The van der Waals surface area contributed by atoms with Gasteiger partial charge in [-0.1, -0.05) is 45.4 Å². The number of likely N-dealkylation sites (tertiary alicyclic amines) is 2. The van der Waals surface area contributed by atoms with Crippen molar-refractivity contribution in [1.82, 2.24) is 9.80 Å². The Morgan fingerprint density at radius 3 is 2.56 bits per heavy atom. The van der Waals surface area contributed by atoms with Gasteiger partial charge in [0.15, 0.2) is 0 Å². The molecule has 0 unspecified atom stereocenters. The number of benzene rings is 1. The second-order valence-electron chi connectivity index (χ2n) is 8.69. The Morgan fingerprint density at radius 2 is 1.84 bits per heavy atom. The molecule has 25 heavy (non-hydrogen) atoms. The number of urea groups is 1. The van der Waals surface area contributed by atoms with Gasteiger partial charge in [0.2, 0.25) is 0 Å². The van der Waals surface area contributed by atoms with Crippen LogP contribution in [-0.2, 0) is 5.41 Å². The smallest absolute Gasteiger partial charge is 0.321 e. The fourth-order valence-electron chi connectivity index (χ4n) is 4.11. The van der Waals surface area contributed by atoms with Gasteiger partial charge in [0.25, 0.3) is 0 Å². The van der Waals surface area contributed by atoms with Crippen molar-refractivity contribution in [3.63, 3.8) is 0 Å². The van der Waals surface area contributed by atoms with Gasteiger partial charge in [-0.3, -0.25) is 0 Å². The average Bonchev–Trinajstić information content (AvgIpc) is 3.04. The van der Waals surface area contributed by atoms with Crippen molar-refractivity contribution in [2.24, 2.45) is 5.92 Å². The molecule has 2 saturated heterocycles. The van der Waals surface area contributed by atoms with E-state index in [1.54, 1.807) is 0 Å². The Bertz CT molecular complexity index is 587. The largest absolute Gasteiger partial charge is 0.324 e. The molecule has 2 aliphatic heterocycles. The summed E-state index contributed by atoms with van der Waals surface area (Å²) in [5.41, 5.74) is 2.15. The van der Waals surface area contributed by atoms with Crippen LogP contribution in [0.4, 0.5) is 10.5 Å². The molecule has 2 aliphatic rings. The van der Waals surface area contributed by atoms with Crippen molar-refractivity contribution in [3.8, 4) is 0 Å². The van der Waals surface area contributed by atoms with Crippen LogP contribution < -0.4 is 5.32 Å². The lowest BCUT2D eigenvalue weighted by Gasteiger charge is -2.29. The summed E-state index contributed by atoms with van der Waals surface area (Å²) in [6.07, 6.45) is 5.18. The maximum absolute atomic E-state index is 12.7. The van der Waals surface area contributed by atoms with E-state index in [1.807, 2.05) is 23.1 Å². The van der Waals surface area contributed by atoms with Crippen LogP contribution in [0.15, 0.2) is 24.3 Å². The van der Waals surface area contributed by atoms with E-state index >= 15 is 0 Å². The van der Waals surface area contributed by atoms with Gasteiger partial charge >= 0.3 is 6.03 Å². The second-order valence-corrected chi connectivity index (χ2v) is 8.69.